The van der Waals surface area contributed by atoms with Gasteiger partial charge in [-0.15, -0.1) is 0 Å². The monoisotopic (exact) mass is 461 g/mol. The number of halogens is 1. The Balaban J connectivity index is 0.00000241. The molecule has 0 amide bonds. The summed E-state index contributed by atoms with van der Waals surface area (Å²) in [6.07, 6.45) is 26.1. The standard InChI is InChI=1S/C28H20N5.ClH/c1-2-12-33-13-4-3-5-28(33)26-17-25-16-23-9-8-21(30-23)14-19-6-7-20(29-19)15-22-10-11-24(31-22)18-27(26)32-25;/h2-11,13-18H,1,12H2;1H/q+1;/p-1. The molecule has 34 heavy (non-hydrogen) atoms. The van der Waals surface area contributed by atoms with Crippen molar-refractivity contribution >= 4 is 28.4 Å². The molecule has 0 spiro atoms. The molecule has 6 heteroatoms. The molecule has 0 fully saturated rings. The largest absolute Gasteiger partial charge is 1.00 e. The van der Waals surface area contributed by atoms with Gasteiger partial charge in [0.1, 0.15) is 0 Å². The predicted molar refractivity (Wildman–Crippen MR) is 134 cm³/mol. The summed E-state index contributed by atoms with van der Waals surface area (Å²) >= 11 is 0. The van der Waals surface area contributed by atoms with Crippen LogP contribution in [0.1, 0.15) is 5.69 Å². The molecule has 0 unspecified atom stereocenters. The third-order valence-corrected chi connectivity index (χ3v) is 5.58. The molecule has 0 aromatic carbocycles. The van der Waals surface area contributed by atoms with Gasteiger partial charge < -0.3 is 12.4 Å². The van der Waals surface area contributed by atoms with E-state index in [1.807, 2.05) is 79.0 Å². The van der Waals surface area contributed by atoms with Crippen molar-refractivity contribution < 1.29 is 17.0 Å². The van der Waals surface area contributed by atoms with Gasteiger partial charge in [-0.2, -0.15) is 4.57 Å². The lowest BCUT2D eigenvalue weighted by Gasteiger charge is -2.04. The van der Waals surface area contributed by atoms with Crippen LogP contribution in [0.5, 0.6) is 0 Å². The summed E-state index contributed by atoms with van der Waals surface area (Å²) in [5, 5.41) is 0. The minimum atomic E-state index is 0. The van der Waals surface area contributed by atoms with Gasteiger partial charge in [-0.1, -0.05) is 6.58 Å². The molecule has 8 bridgehead atoms. The Kier molecular flexibility index (Phi) is 5.70. The summed E-state index contributed by atoms with van der Waals surface area (Å²) in [6, 6.07) is 6.17. The van der Waals surface area contributed by atoms with Crippen LogP contribution in [0.4, 0.5) is 0 Å². The highest BCUT2D eigenvalue weighted by atomic mass is 35.5. The zero-order chi connectivity index (χ0) is 22.2. The molecule has 0 aliphatic carbocycles. The van der Waals surface area contributed by atoms with Gasteiger partial charge in [0, 0.05) is 12.1 Å². The van der Waals surface area contributed by atoms with E-state index in [1.54, 1.807) is 0 Å². The number of allylic oxidation sites excluding steroid dienone is 13. The molecule has 1 aromatic rings. The lowest BCUT2D eigenvalue weighted by Crippen LogP contribution is -3.00. The molecule has 6 rings (SSSR count). The van der Waals surface area contributed by atoms with Gasteiger partial charge in [-0.3, -0.25) is 0 Å². The highest BCUT2D eigenvalue weighted by Crippen LogP contribution is 2.27. The number of nitrogens with zero attached hydrogens (tertiary/aromatic N) is 5. The van der Waals surface area contributed by atoms with E-state index in [1.165, 1.54) is 0 Å². The SMILES string of the molecule is C=CC[n+]1ccccc1C1=CC2=CC3=NC(=CC4=NC(=CC5=NC(=CC1=N2)C=C5)C=C4)C=C3.[Cl-]. The van der Waals surface area contributed by atoms with E-state index in [9.17, 15) is 0 Å². The Bertz CT molecular complexity index is 1480. The van der Waals surface area contributed by atoms with Crippen molar-refractivity contribution in [2.45, 2.75) is 6.54 Å². The number of hydrogen-bond donors (Lipinski definition) is 0. The van der Waals surface area contributed by atoms with Crippen LogP contribution >= 0.6 is 0 Å². The molecule has 5 aliphatic heterocycles. The first-order chi connectivity index (χ1) is 16.2. The Morgan fingerprint density at radius 1 is 0.676 bits per heavy atom. The van der Waals surface area contributed by atoms with Crippen molar-refractivity contribution in [1.82, 2.24) is 0 Å². The number of aromatic nitrogens is 1. The fourth-order valence-corrected chi connectivity index (χ4v) is 4.12. The number of fused-ring (bicyclic) bond motifs is 4. The van der Waals surface area contributed by atoms with E-state index in [-0.39, 0.29) is 12.4 Å². The minimum absolute atomic E-state index is 0. The van der Waals surface area contributed by atoms with Gasteiger partial charge >= 0.3 is 0 Å². The van der Waals surface area contributed by atoms with Crippen LogP contribution in [0, 0.1) is 0 Å². The highest BCUT2D eigenvalue weighted by molar-refractivity contribution is 6.32. The third kappa shape index (κ3) is 4.21. The van der Waals surface area contributed by atoms with Gasteiger partial charge in [-0.05, 0) is 79.0 Å². The van der Waals surface area contributed by atoms with Gasteiger partial charge in [0.25, 0.3) is 0 Å². The Morgan fingerprint density at radius 2 is 1.26 bits per heavy atom. The van der Waals surface area contributed by atoms with E-state index < -0.39 is 0 Å². The van der Waals surface area contributed by atoms with Crippen LogP contribution in [-0.4, -0.2) is 22.8 Å². The van der Waals surface area contributed by atoms with Crippen LogP contribution in [0.3, 0.4) is 0 Å². The average Bonchev–Trinajstić information content (AvgIpc) is 3.60. The van der Waals surface area contributed by atoms with Crippen LogP contribution in [0.2, 0.25) is 0 Å². The molecule has 0 saturated heterocycles. The van der Waals surface area contributed by atoms with Gasteiger partial charge in [-0.25, -0.2) is 20.0 Å². The lowest BCUT2D eigenvalue weighted by atomic mass is 10.1. The molecule has 5 aliphatic rings. The normalized spacial score (nSPS) is 19.2. The topological polar surface area (TPSA) is 53.3 Å². The number of hydrogen-bond acceptors (Lipinski definition) is 4. The van der Waals surface area contributed by atoms with Crippen LogP contribution in [0.25, 0.3) is 5.57 Å². The van der Waals surface area contributed by atoms with Crippen molar-refractivity contribution in [3.63, 3.8) is 0 Å². The fraction of sp³-hybridized carbons (Fsp3) is 0.0357. The molecule has 6 heterocycles. The first-order valence-corrected chi connectivity index (χ1v) is 10.8. The summed E-state index contributed by atoms with van der Waals surface area (Å²) in [4.78, 5) is 19.1. The van der Waals surface area contributed by atoms with E-state index in [4.69, 9.17) is 15.0 Å². The molecule has 0 N–H and O–H groups in total. The lowest BCUT2D eigenvalue weighted by molar-refractivity contribution is -0.689. The van der Waals surface area contributed by atoms with Gasteiger partial charge in [0.05, 0.1) is 51.2 Å². The predicted octanol–water partition coefficient (Wildman–Crippen LogP) is 1.58. The second-order valence-electron chi connectivity index (χ2n) is 7.97. The summed E-state index contributed by atoms with van der Waals surface area (Å²) in [6.45, 7) is 4.62. The Morgan fingerprint density at radius 3 is 1.88 bits per heavy atom. The van der Waals surface area contributed by atoms with Gasteiger partial charge in [0.15, 0.2) is 12.7 Å². The van der Waals surface area contributed by atoms with E-state index in [0.29, 0.717) is 6.54 Å². The molecular weight excluding hydrogens is 442 g/mol. The average molecular weight is 462 g/mol. The summed E-state index contributed by atoms with van der Waals surface area (Å²) < 4.78 is 2.16. The zero-order valence-electron chi connectivity index (χ0n) is 18.3. The van der Waals surface area contributed by atoms with E-state index >= 15 is 0 Å². The van der Waals surface area contributed by atoms with Crippen molar-refractivity contribution in [3.8, 4) is 0 Å². The summed E-state index contributed by atoms with van der Waals surface area (Å²) in [5.74, 6) is 0. The molecule has 1 aromatic heterocycles. The molecule has 0 saturated carbocycles. The molecule has 0 radical (unpaired) electrons. The first-order valence-electron chi connectivity index (χ1n) is 10.8. The molecule has 0 atom stereocenters. The fourth-order valence-electron chi connectivity index (χ4n) is 4.12. The van der Waals surface area contributed by atoms with Crippen molar-refractivity contribution in [1.29, 1.82) is 0 Å². The maximum atomic E-state index is 4.93. The van der Waals surface area contributed by atoms with Crippen LogP contribution < -0.4 is 17.0 Å². The maximum Gasteiger partial charge on any atom is 0.215 e. The first kappa shape index (κ1) is 21.6. The zero-order valence-corrected chi connectivity index (χ0v) is 19.0. The second-order valence-corrected chi connectivity index (χ2v) is 7.97. The Labute approximate surface area is 204 Å². The maximum absolute atomic E-state index is 4.93. The number of pyridine rings is 1. The summed E-state index contributed by atoms with van der Waals surface area (Å²) in [5.41, 5.74) is 9.06. The van der Waals surface area contributed by atoms with E-state index in [0.717, 1.165) is 56.9 Å². The van der Waals surface area contributed by atoms with Crippen molar-refractivity contribution in [2.75, 3.05) is 0 Å². The molecular formula is C28H20ClN5. The van der Waals surface area contributed by atoms with Crippen molar-refractivity contribution in [2.24, 2.45) is 20.0 Å². The van der Waals surface area contributed by atoms with Crippen molar-refractivity contribution in [3.05, 3.63) is 132 Å². The Hall–Kier alpha value is -4.22. The quantitative estimate of drug-likeness (QED) is 0.485. The number of aliphatic imine (C=N–C) groups is 4. The second kappa shape index (κ2) is 8.96. The summed E-state index contributed by atoms with van der Waals surface area (Å²) in [7, 11) is 0. The van der Waals surface area contributed by atoms with Gasteiger partial charge in [0.2, 0.25) is 5.69 Å². The number of rotatable bonds is 3. The molecule has 5 nitrogen and oxygen atoms in total. The smallest absolute Gasteiger partial charge is 0.215 e. The van der Waals surface area contributed by atoms with Crippen LogP contribution in [0.15, 0.2) is 147 Å². The molecule has 164 valence electrons. The highest BCUT2D eigenvalue weighted by Gasteiger charge is 2.24. The minimum Gasteiger partial charge on any atom is -1.00 e. The third-order valence-electron chi connectivity index (χ3n) is 5.58. The van der Waals surface area contributed by atoms with Crippen LogP contribution in [-0.2, 0) is 6.54 Å². The van der Waals surface area contributed by atoms with E-state index in [2.05, 4.69) is 34.5 Å².